The van der Waals surface area contributed by atoms with Gasteiger partial charge in [-0.05, 0) is 43.7 Å². The Balaban J connectivity index is 1.82. The van der Waals surface area contributed by atoms with Crippen LogP contribution in [0.4, 0.5) is 11.4 Å². The number of imide groups is 1. The van der Waals surface area contributed by atoms with Crippen molar-refractivity contribution in [3.8, 4) is 0 Å². The van der Waals surface area contributed by atoms with E-state index in [2.05, 4.69) is 5.10 Å². The predicted octanol–water partition coefficient (Wildman–Crippen LogP) is 2.95. The molecular formula is C21H18ClN3O4. The molecule has 0 bridgehead atoms. The number of carbonyl (C=O) groups excluding carboxylic acids is 3. The lowest BCUT2D eigenvalue weighted by Gasteiger charge is -2.23. The second kappa shape index (κ2) is 7.33. The SMILES string of the molecule is CCOC(=O)C1=NN(c2ccccc2)[C@H]2C(=O)N(c3cccc(Cl)c3C)C(=O)[C@@H]12. The largest absolute Gasteiger partial charge is 0.461 e. The normalized spacial score (nSPS) is 20.7. The van der Waals surface area contributed by atoms with Gasteiger partial charge in [0.1, 0.15) is 12.0 Å². The number of anilines is 2. The van der Waals surface area contributed by atoms with E-state index in [1.165, 1.54) is 5.01 Å². The zero-order valence-corrected chi connectivity index (χ0v) is 16.6. The van der Waals surface area contributed by atoms with E-state index in [0.717, 1.165) is 4.90 Å². The van der Waals surface area contributed by atoms with Crippen molar-refractivity contribution in [2.45, 2.75) is 19.9 Å². The summed E-state index contributed by atoms with van der Waals surface area (Å²) in [6.07, 6.45) is 0. The Morgan fingerprint density at radius 3 is 2.52 bits per heavy atom. The molecule has 2 atom stereocenters. The maximum atomic E-state index is 13.4. The van der Waals surface area contributed by atoms with Crippen LogP contribution < -0.4 is 9.91 Å². The molecule has 1 fully saturated rings. The standard InChI is InChI=1S/C21H18ClN3O4/c1-3-29-21(28)17-16-18(25(23-17)13-8-5-4-6-9-13)20(27)24(19(16)26)15-11-7-10-14(22)12(15)2/h4-11,16,18H,3H2,1-2H3/t16-,18+/m0/s1. The van der Waals surface area contributed by atoms with Gasteiger partial charge in [-0.25, -0.2) is 9.69 Å². The smallest absolute Gasteiger partial charge is 0.355 e. The average Bonchev–Trinajstić information content (AvgIpc) is 3.23. The summed E-state index contributed by atoms with van der Waals surface area (Å²) in [5.41, 5.74) is 1.55. The van der Waals surface area contributed by atoms with Crippen molar-refractivity contribution in [2.75, 3.05) is 16.5 Å². The van der Waals surface area contributed by atoms with Crippen molar-refractivity contribution in [3.63, 3.8) is 0 Å². The summed E-state index contributed by atoms with van der Waals surface area (Å²) in [5, 5.41) is 6.18. The van der Waals surface area contributed by atoms with Crippen LogP contribution in [0.25, 0.3) is 0 Å². The molecule has 29 heavy (non-hydrogen) atoms. The Morgan fingerprint density at radius 1 is 1.10 bits per heavy atom. The van der Waals surface area contributed by atoms with Crippen LogP contribution in [0.1, 0.15) is 12.5 Å². The van der Waals surface area contributed by atoms with Crippen molar-refractivity contribution in [1.82, 2.24) is 0 Å². The van der Waals surface area contributed by atoms with E-state index in [9.17, 15) is 14.4 Å². The molecule has 2 heterocycles. The summed E-state index contributed by atoms with van der Waals surface area (Å²) in [4.78, 5) is 40.3. The summed E-state index contributed by atoms with van der Waals surface area (Å²) in [7, 11) is 0. The first-order chi connectivity index (χ1) is 14.0. The van der Waals surface area contributed by atoms with Crippen LogP contribution in [-0.4, -0.2) is 36.1 Å². The predicted molar refractivity (Wildman–Crippen MR) is 109 cm³/mol. The summed E-state index contributed by atoms with van der Waals surface area (Å²) in [6, 6.07) is 13.0. The fourth-order valence-corrected chi connectivity index (χ4v) is 3.83. The van der Waals surface area contributed by atoms with Crippen molar-refractivity contribution >= 4 is 46.5 Å². The highest BCUT2D eigenvalue weighted by Gasteiger charge is 2.59. The number of carbonyl (C=O) groups is 3. The molecule has 0 spiro atoms. The van der Waals surface area contributed by atoms with Gasteiger partial charge in [0.05, 0.1) is 18.0 Å². The molecular weight excluding hydrogens is 394 g/mol. The van der Waals surface area contributed by atoms with Crippen LogP contribution in [0.5, 0.6) is 0 Å². The molecule has 4 rings (SSSR count). The molecule has 0 N–H and O–H groups in total. The molecule has 2 aliphatic rings. The minimum Gasteiger partial charge on any atom is -0.461 e. The number of rotatable bonds is 4. The van der Waals surface area contributed by atoms with Crippen molar-refractivity contribution in [3.05, 3.63) is 59.1 Å². The fraction of sp³-hybridized carbons (Fsp3) is 0.238. The van der Waals surface area contributed by atoms with E-state index in [4.69, 9.17) is 16.3 Å². The Bertz CT molecular complexity index is 1040. The van der Waals surface area contributed by atoms with Crippen LogP contribution in [0, 0.1) is 12.8 Å². The molecule has 2 amide bonds. The number of halogens is 1. The molecule has 0 radical (unpaired) electrons. The highest BCUT2D eigenvalue weighted by atomic mass is 35.5. The van der Waals surface area contributed by atoms with Crippen molar-refractivity contribution in [1.29, 1.82) is 0 Å². The van der Waals surface area contributed by atoms with Gasteiger partial charge < -0.3 is 4.74 Å². The topological polar surface area (TPSA) is 79.3 Å². The Kier molecular flexibility index (Phi) is 4.84. The van der Waals surface area contributed by atoms with Gasteiger partial charge in [0, 0.05) is 5.02 Å². The van der Waals surface area contributed by atoms with Crippen LogP contribution in [0.3, 0.4) is 0 Å². The Morgan fingerprint density at radius 2 is 1.83 bits per heavy atom. The zero-order chi connectivity index (χ0) is 20.7. The molecule has 2 aliphatic heterocycles. The molecule has 8 heteroatoms. The first-order valence-corrected chi connectivity index (χ1v) is 9.56. The van der Waals surface area contributed by atoms with Gasteiger partial charge in [0.25, 0.3) is 5.91 Å². The third-order valence-corrected chi connectivity index (χ3v) is 5.44. The Labute approximate surface area is 172 Å². The summed E-state index contributed by atoms with van der Waals surface area (Å²) in [6.45, 7) is 3.55. The number of hydrazone groups is 1. The molecule has 0 saturated carbocycles. The lowest BCUT2D eigenvalue weighted by atomic mass is 9.98. The third-order valence-electron chi connectivity index (χ3n) is 5.03. The third kappa shape index (κ3) is 2.98. The number of amides is 2. The minimum atomic E-state index is -1.04. The van der Waals surface area contributed by atoms with E-state index in [-0.39, 0.29) is 12.3 Å². The lowest BCUT2D eigenvalue weighted by Crippen LogP contribution is -2.39. The zero-order valence-electron chi connectivity index (χ0n) is 15.8. The molecule has 0 aromatic heterocycles. The fourth-order valence-electron chi connectivity index (χ4n) is 3.66. The van der Waals surface area contributed by atoms with E-state index in [0.29, 0.717) is 22.0 Å². The highest BCUT2D eigenvalue weighted by molar-refractivity contribution is 6.47. The van der Waals surface area contributed by atoms with Crippen LogP contribution >= 0.6 is 11.6 Å². The van der Waals surface area contributed by atoms with Crippen molar-refractivity contribution < 1.29 is 19.1 Å². The van der Waals surface area contributed by atoms with Gasteiger partial charge in [0.15, 0.2) is 5.71 Å². The summed E-state index contributed by atoms with van der Waals surface area (Å²) >= 11 is 6.20. The molecule has 2 aromatic rings. The van der Waals surface area contributed by atoms with Crippen LogP contribution in [-0.2, 0) is 19.1 Å². The number of hydrogen-bond acceptors (Lipinski definition) is 6. The maximum absolute atomic E-state index is 13.4. The lowest BCUT2D eigenvalue weighted by molar-refractivity contribution is -0.136. The highest BCUT2D eigenvalue weighted by Crippen LogP contribution is 2.39. The van der Waals surface area contributed by atoms with E-state index >= 15 is 0 Å². The first-order valence-electron chi connectivity index (χ1n) is 9.18. The number of para-hydroxylation sites is 1. The monoisotopic (exact) mass is 411 g/mol. The van der Waals surface area contributed by atoms with Gasteiger partial charge in [-0.1, -0.05) is 35.9 Å². The van der Waals surface area contributed by atoms with E-state index < -0.39 is 29.7 Å². The van der Waals surface area contributed by atoms with Gasteiger partial charge in [0.2, 0.25) is 5.91 Å². The Hall–Kier alpha value is -3.19. The molecule has 0 unspecified atom stereocenters. The number of esters is 1. The maximum Gasteiger partial charge on any atom is 0.355 e. The molecule has 148 valence electrons. The van der Waals surface area contributed by atoms with Gasteiger partial charge >= 0.3 is 5.97 Å². The molecule has 1 saturated heterocycles. The van der Waals surface area contributed by atoms with Gasteiger partial charge in [-0.3, -0.25) is 14.6 Å². The minimum absolute atomic E-state index is 0.0683. The van der Waals surface area contributed by atoms with Crippen LogP contribution in [0.15, 0.2) is 53.6 Å². The quantitative estimate of drug-likeness (QED) is 0.571. The molecule has 7 nitrogen and oxygen atoms in total. The van der Waals surface area contributed by atoms with Crippen molar-refractivity contribution in [2.24, 2.45) is 11.0 Å². The number of nitrogens with zero attached hydrogens (tertiary/aromatic N) is 3. The molecule has 0 aliphatic carbocycles. The number of fused-ring (bicyclic) bond motifs is 1. The molecule has 2 aromatic carbocycles. The summed E-state index contributed by atoms with van der Waals surface area (Å²) < 4.78 is 5.09. The summed E-state index contributed by atoms with van der Waals surface area (Å²) in [5.74, 6) is -2.72. The second-order valence-corrected chi connectivity index (χ2v) is 7.11. The van der Waals surface area contributed by atoms with Gasteiger partial charge in [-0.2, -0.15) is 5.10 Å². The number of benzene rings is 2. The average molecular weight is 412 g/mol. The number of ether oxygens (including phenoxy) is 1. The van der Waals surface area contributed by atoms with E-state index in [1.807, 2.05) is 6.07 Å². The first kappa shape index (κ1) is 19.1. The van der Waals surface area contributed by atoms with Gasteiger partial charge in [-0.15, -0.1) is 0 Å². The second-order valence-electron chi connectivity index (χ2n) is 6.70. The number of hydrogen-bond donors (Lipinski definition) is 0. The van der Waals surface area contributed by atoms with Crippen LogP contribution in [0.2, 0.25) is 5.02 Å². The van der Waals surface area contributed by atoms with E-state index in [1.54, 1.807) is 56.3 Å².